The van der Waals surface area contributed by atoms with E-state index in [1.165, 1.54) is 6.33 Å². The van der Waals surface area contributed by atoms with Crippen LogP contribution in [0.1, 0.15) is 11.1 Å². The highest BCUT2D eigenvalue weighted by Crippen LogP contribution is 2.24. The van der Waals surface area contributed by atoms with Gasteiger partial charge in [0.1, 0.15) is 18.2 Å². The van der Waals surface area contributed by atoms with Crippen LogP contribution in [0.5, 0.6) is 0 Å². The number of halogens is 1. The van der Waals surface area contributed by atoms with Gasteiger partial charge in [-0.1, -0.05) is 35.9 Å². The van der Waals surface area contributed by atoms with Crippen molar-refractivity contribution in [2.45, 2.75) is 19.1 Å². The number of ether oxygens (including phenoxy) is 1. The van der Waals surface area contributed by atoms with Gasteiger partial charge in [0.15, 0.2) is 0 Å². The lowest BCUT2D eigenvalue weighted by molar-refractivity contribution is -0.145. The predicted octanol–water partition coefficient (Wildman–Crippen LogP) is 3.88. The molecule has 34 heavy (non-hydrogen) atoms. The zero-order valence-corrected chi connectivity index (χ0v) is 19.7. The van der Waals surface area contributed by atoms with Gasteiger partial charge >= 0.3 is 0 Å². The lowest BCUT2D eigenvalue weighted by Gasteiger charge is -2.40. The maximum Gasteiger partial charge on any atom is 0.242 e. The molecule has 1 aromatic heterocycles. The third kappa shape index (κ3) is 4.55. The fraction of sp³-hybridized carbons (Fsp3) is 0.269. The highest BCUT2D eigenvalue weighted by Gasteiger charge is 2.34. The minimum absolute atomic E-state index is 0.0722. The molecule has 0 radical (unpaired) electrons. The first kappa shape index (κ1) is 22.5. The zero-order chi connectivity index (χ0) is 23.7. The summed E-state index contributed by atoms with van der Waals surface area (Å²) in [5.74, 6) is 0.529. The van der Waals surface area contributed by atoms with Gasteiger partial charge in [-0.15, -0.1) is 0 Å². The van der Waals surface area contributed by atoms with E-state index in [0.29, 0.717) is 32.1 Å². The van der Waals surface area contributed by atoms with Crippen molar-refractivity contribution in [2.24, 2.45) is 0 Å². The van der Waals surface area contributed by atoms with Gasteiger partial charge in [-0.2, -0.15) is 0 Å². The maximum absolute atomic E-state index is 13.4. The standard InChI is InChI=1S/C26H26ClN5O2/c1-34-15-24-26(33)32(14-18-3-7-22-23(11-18)29-16-30-25(22)28)9-8-31(24)13-17-2-4-20-12-21(27)6-5-19(20)10-17/h2-7,10-12,16,24H,8-9,13-15H2,1H3,(H2,28,29,30). The van der Waals surface area contributed by atoms with Crippen LogP contribution in [0.2, 0.25) is 5.02 Å². The first-order chi connectivity index (χ1) is 16.5. The highest BCUT2D eigenvalue weighted by molar-refractivity contribution is 6.31. The molecule has 2 heterocycles. The minimum atomic E-state index is -0.335. The number of carbonyl (C=O) groups is 1. The number of nitrogens with two attached hydrogens (primary N) is 1. The summed E-state index contributed by atoms with van der Waals surface area (Å²) in [5, 5.41) is 3.78. The van der Waals surface area contributed by atoms with E-state index >= 15 is 0 Å². The molecule has 1 aliphatic rings. The Morgan fingerprint density at radius 1 is 1.00 bits per heavy atom. The second-order valence-electron chi connectivity index (χ2n) is 8.64. The molecule has 1 saturated heterocycles. The molecule has 2 N–H and O–H groups in total. The van der Waals surface area contributed by atoms with Gasteiger partial charge in [0, 0.05) is 43.7 Å². The van der Waals surface area contributed by atoms with Crippen LogP contribution < -0.4 is 5.73 Å². The number of hydrogen-bond donors (Lipinski definition) is 1. The molecule has 1 atom stereocenters. The summed E-state index contributed by atoms with van der Waals surface area (Å²) in [6.07, 6.45) is 1.46. The van der Waals surface area contributed by atoms with Gasteiger partial charge in [0.2, 0.25) is 5.91 Å². The topological polar surface area (TPSA) is 84.6 Å². The van der Waals surface area contributed by atoms with Crippen LogP contribution in [0, 0.1) is 0 Å². The third-order valence-corrected chi connectivity index (χ3v) is 6.61. The maximum atomic E-state index is 13.4. The number of fused-ring (bicyclic) bond motifs is 2. The summed E-state index contributed by atoms with van der Waals surface area (Å²) in [5.41, 5.74) is 8.89. The molecule has 174 valence electrons. The number of carbonyl (C=O) groups excluding carboxylic acids is 1. The van der Waals surface area contributed by atoms with E-state index in [4.69, 9.17) is 22.1 Å². The van der Waals surface area contributed by atoms with Crippen LogP contribution in [0.3, 0.4) is 0 Å². The molecule has 1 amide bonds. The Morgan fingerprint density at radius 2 is 1.76 bits per heavy atom. The van der Waals surface area contributed by atoms with Crippen LogP contribution in [0.15, 0.2) is 60.9 Å². The zero-order valence-electron chi connectivity index (χ0n) is 18.9. The van der Waals surface area contributed by atoms with Gasteiger partial charge in [-0.05, 0) is 52.2 Å². The Morgan fingerprint density at radius 3 is 2.62 bits per heavy atom. The first-order valence-corrected chi connectivity index (χ1v) is 11.6. The average molecular weight is 476 g/mol. The molecule has 1 unspecified atom stereocenters. The molecular formula is C26H26ClN5O2. The second-order valence-corrected chi connectivity index (χ2v) is 9.07. The largest absolute Gasteiger partial charge is 0.383 e. The van der Waals surface area contributed by atoms with E-state index < -0.39 is 0 Å². The molecule has 1 aliphatic heterocycles. The highest BCUT2D eigenvalue weighted by atomic mass is 35.5. The van der Waals surface area contributed by atoms with E-state index in [9.17, 15) is 4.79 Å². The fourth-order valence-electron chi connectivity index (χ4n) is 4.60. The number of methoxy groups -OCH3 is 1. The molecule has 0 spiro atoms. The van der Waals surface area contributed by atoms with E-state index in [1.54, 1.807) is 7.11 Å². The number of benzene rings is 3. The Labute approximate surface area is 203 Å². The molecule has 7 nitrogen and oxygen atoms in total. The normalized spacial score (nSPS) is 17.1. The SMILES string of the molecule is COCC1C(=O)N(Cc2ccc3c(N)ncnc3c2)CCN1Cc1ccc2cc(Cl)ccc2c1. The molecule has 8 heteroatoms. The van der Waals surface area contributed by atoms with Crippen molar-refractivity contribution in [3.63, 3.8) is 0 Å². The van der Waals surface area contributed by atoms with Crippen LogP contribution in [0.4, 0.5) is 5.82 Å². The molecule has 4 aromatic rings. The van der Waals surface area contributed by atoms with Crippen molar-refractivity contribution in [1.29, 1.82) is 0 Å². The third-order valence-electron chi connectivity index (χ3n) is 6.38. The number of aromatic nitrogens is 2. The Bertz CT molecular complexity index is 1360. The number of rotatable bonds is 6. The molecule has 5 rings (SSSR count). The van der Waals surface area contributed by atoms with Gasteiger partial charge in [-0.3, -0.25) is 9.69 Å². The van der Waals surface area contributed by atoms with Crippen LogP contribution >= 0.6 is 11.6 Å². The van der Waals surface area contributed by atoms with E-state index in [0.717, 1.165) is 44.4 Å². The number of nitrogen functional groups attached to an aromatic ring is 1. The Balaban J connectivity index is 1.33. The van der Waals surface area contributed by atoms with Gasteiger partial charge in [-0.25, -0.2) is 9.97 Å². The van der Waals surface area contributed by atoms with Crippen molar-refractivity contribution in [2.75, 3.05) is 32.5 Å². The van der Waals surface area contributed by atoms with E-state index in [1.807, 2.05) is 41.3 Å². The number of anilines is 1. The van der Waals surface area contributed by atoms with Crippen molar-refractivity contribution in [3.05, 3.63) is 77.1 Å². The molecule has 1 fully saturated rings. The van der Waals surface area contributed by atoms with E-state index in [-0.39, 0.29) is 11.9 Å². The summed E-state index contributed by atoms with van der Waals surface area (Å²) in [6.45, 7) is 2.95. The molecule has 0 aliphatic carbocycles. The van der Waals surface area contributed by atoms with Crippen LogP contribution in [0.25, 0.3) is 21.7 Å². The molecule has 0 saturated carbocycles. The monoisotopic (exact) mass is 475 g/mol. The van der Waals surface area contributed by atoms with Crippen molar-refractivity contribution < 1.29 is 9.53 Å². The minimum Gasteiger partial charge on any atom is -0.383 e. The predicted molar refractivity (Wildman–Crippen MR) is 134 cm³/mol. The first-order valence-electron chi connectivity index (χ1n) is 11.2. The number of amides is 1. The van der Waals surface area contributed by atoms with Crippen LogP contribution in [-0.4, -0.2) is 58.5 Å². The Hall–Kier alpha value is -3.26. The number of hydrogen-bond acceptors (Lipinski definition) is 6. The fourth-order valence-corrected chi connectivity index (χ4v) is 4.78. The summed E-state index contributed by atoms with van der Waals surface area (Å²) in [7, 11) is 1.64. The summed E-state index contributed by atoms with van der Waals surface area (Å²) < 4.78 is 5.44. The smallest absolute Gasteiger partial charge is 0.242 e. The number of piperazine rings is 1. The Kier molecular flexibility index (Phi) is 6.32. The molecular weight excluding hydrogens is 450 g/mol. The molecule has 0 bridgehead atoms. The molecule has 3 aromatic carbocycles. The van der Waals surface area contributed by atoms with Gasteiger partial charge in [0.05, 0.1) is 12.1 Å². The van der Waals surface area contributed by atoms with Gasteiger partial charge < -0.3 is 15.4 Å². The van der Waals surface area contributed by atoms with Gasteiger partial charge in [0.25, 0.3) is 0 Å². The van der Waals surface area contributed by atoms with Crippen LogP contribution in [-0.2, 0) is 22.6 Å². The van der Waals surface area contributed by atoms with E-state index in [2.05, 4.69) is 33.1 Å². The summed E-state index contributed by atoms with van der Waals surface area (Å²) in [6, 6.07) is 17.8. The summed E-state index contributed by atoms with van der Waals surface area (Å²) in [4.78, 5) is 25.9. The second kappa shape index (κ2) is 9.54. The van der Waals surface area contributed by atoms with Crippen molar-refractivity contribution in [1.82, 2.24) is 19.8 Å². The van der Waals surface area contributed by atoms with Crippen molar-refractivity contribution >= 4 is 45.0 Å². The van der Waals surface area contributed by atoms with Crippen molar-refractivity contribution in [3.8, 4) is 0 Å². The quantitative estimate of drug-likeness (QED) is 0.455. The lowest BCUT2D eigenvalue weighted by atomic mass is 10.0. The average Bonchev–Trinajstić information content (AvgIpc) is 2.83. The lowest BCUT2D eigenvalue weighted by Crippen LogP contribution is -2.57. The number of nitrogens with zero attached hydrogens (tertiary/aromatic N) is 4. The summed E-state index contributed by atoms with van der Waals surface area (Å²) >= 11 is 6.12.